The second-order valence-electron chi connectivity index (χ2n) is 7.82. The number of Topliss-reactive ketones (excluding diaryl/α,β-unsaturated/α-hetero) is 1. The van der Waals surface area contributed by atoms with Gasteiger partial charge in [0, 0.05) is 12.8 Å². The SMILES string of the molecule is CC(C)c1ccc(CC(=O)CC2C(=O)OC(C)(C)CN2S(C)(=O)=O)cc1. The Morgan fingerprint density at radius 3 is 2.35 bits per heavy atom. The van der Waals surface area contributed by atoms with E-state index in [1.165, 1.54) is 5.56 Å². The van der Waals surface area contributed by atoms with Gasteiger partial charge in [0.25, 0.3) is 0 Å². The van der Waals surface area contributed by atoms with Gasteiger partial charge in [-0.15, -0.1) is 0 Å². The molecule has 0 N–H and O–H groups in total. The van der Waals surface area contributed by atoms with Crippen molar-refractivity contribution < 1.29 is 22.7 Å². The lowest BCUT2D eigenvalue weighted by Gasteiger charge is -2.40. The third-order valence-corrected chi connectivity index (χ3v) is 5.66. The van der Waals surface area contributed by atoms with Crippen LogP contribution in [0.2, 0.25) is 0 Å². The van der Waals surface area contributed by atoms with E-state index in [4.69, 9.17) is 4.74 Å². The predicted molar refractivity (Wildman–Crippen MR) is 99.4 cm³/mol. The van der Waals surface area contributed by atoms with E-state index >= 15 is 0 Å². The minimum Gasteiger partial charge on any atom is -0.457 e. The van der Waals surface area contributed by atoms with E-state index in [1.54, 1.807) is 13.8 Å². The maximum absolute atomic E-state index is 12.4. The molecule has 1 heterocycles. The number of hydrogen-bond donors (Lipinski definition) is 0. The molecule has 0 saturated carbocycles. The maximum Gasteiger partial charge on any atom is 0.325 e. The summed E-state index contributed by atoms with van der Waals surface area (Å²) >= 11 is 0. The Bertz CT molecular complexity index is 781. The van der Waals surface area contributed by atoms with Gasteiger partial charge in [0.2, 0.25) is 10.0 Å². The molecule has 1 aromatic rings. The largest absolute Gasteiger partial charge is 0.457 e. The van der Waals surface area contributed by atoms with Crippen LogP contribution in [0.1, 0.15) is 51.2 Å². The standard InChI is InChI=1S/C19H27NO5S/c1-13(2)15-8-6-14(7-9-15)10-16(21)11-17-18(22)25-19(3,4)12-20(17)26(5,23)24/h6-9,13,17H,10-12H2,1-5H3. The van der Waals surface area contributed by atoms with Crippen LogP contribution in [0.15, 0.2) is 24.3 Å². The van der Waals surface area contributed by atoms with Gasteiger partial charge in [-0.3, -0.25) is 9.59 Å². The molecule has 1 atom stereocenters. The van der Waals surface area contributed by atoms with Gasteiger partial charge in [0.05, 0.1) is 12.8 Å². The second-order valence-corrected chi connectivity index (χ2v) is 9.76. The Morgan fingerprint density at radius 1 is 1.27 bits per heavy atom. The number of morpholine rings is 1. The Labute approximate surface area is 155 Å². The number of benzene rings is 1. The lowest BCUT2D eigenvalue weighted by molar-refractivity contribution is -0.172. The number of sulfonamides is 1. The van der Waals surface area contributed by atoms with Crippen LogP contribution in [0.4, 0.5) is 0 Å². The second kappa shape index (κ2) is 7.48. The summed E-state index contributed by atoms with van der Waals surface area (Å²) in [5, 5.41) is 0. The molecule has 1 aliphatic rings. The van der Waals surface area contributed by atoms with Crippen molar-refractivity contribution in [1.82, 2.24) is 4.31 Å². The molecule has 1 fully saturated rings. The van der Waals surface area contributed by atoms with E-state index in [2.05, 4.69) is 13.8 Å². The molecule has 26 heavy (non-hydrogen) atoms. The smallest absolute Gasteiger partial charge is 0.325 e. The van der Waals surface area contributed by atoms with Gasteiger partial charge < -0.3 is 4.74 Å². The van der Waals surface area contributed by atoms with E-state index in [0.717, 1.165) is 16.1 Å². The number of ketones is 1. The molecule has 7 heteroatoms. The molecule has 0 spiro atoms. The number of carbonyl (C=O) groups is 2. The fourth-order valence-corrected chi connectivity index (χ4v) is 4.21. The van der Waals surface area contributed by atoms with Crippen molar-refractivity contribution in [2.24, 2.45) is 0 Å². The molecule has 2 rings (SSSR count). The molecule has 0 aliphatic carbocycles. The number of ether oxygens (including phenoxy) is 1. The van der Waals surface area contributed by atoms with Gasteiger partial charge in [0.1, 0.15) is 17.4 Å². The van der Waals surface area contributed by atoms with Crippen LogP contribution < -0.4 is 0 Å². The summed E-state index contributed by atoms with van der Waals surface area (Å²) in [7, 11) is -3.63. The molecular formula is C19H27NO5S. The number of cyclic esters (lactones) is 1. The minimum absolute atomic E-state index is 0.0403. The number of hydrogen-bond acceptors (Lipinski definition) is 5. The highest BCUT2D eigenvalue weighted by Crippen LogP contribution is 2.26. The van der Waals surface area contributed by atoms with Crippen LogP contribution in [-0.2, 0) is 30.8 Å². The van der Waals surface area contributed by atoms with Crippen LogP contribution in [0.3, 0.4) is 0 Å². The quantitative estimate of drug-likeness (QED) is 0.706. The van der Waals surface area contributed by atoms with Crippen molar-refractivity contribution in [3.05, 3.63) is 35.4 Å². The summed E-state index contributed by atoms with van der Waals surface area (Å²) in [4.78, 5) is 24.7. The molecule has 144 valence electrons. The molecule has 1 aliphatic heterocycles. The third-order valence-electron chi connectivity index (χ3n) is 4.43. The van der Waals surface area contributed by atoms with Crippen LogP contribution in [0.5, 0.6) is 0 Å². The van der Waals surface area contributed by atoms with E-state index in [-0.39, 0.29) is 25.2 Å². The Morgan fingerprint density at radius 2 is 1.85 bits per heavy atom. The minimum atomic E-state index is -3.63. The number of carbonyl (C=O) groups excluding carboxylic acids is 2. The Hall–Kier alpha value is -1.73. The Kier molecular flexibility index (Phi) is 5.92. The fraction of sp³-hybridized carbons (Fsp3) is 0.579. The summed E-state index contributed by atoms with van der Waals surface area (Å²) in [6, 6.07) is 6.65. The van der Waals surface area contributed by atoms with Crippen molar-refractivity contribution in [3.8, 4) is 0 Å². The number of nitrogens with zero attached hydrogens (tertiary/aromatic N) is 1. The summed E-state index contributed by atoms with van der Waals surface area (Å²) in [6.07, 6.45) is 1.01. The monoisotopic (exact) mass is 381 g/mol. The van der Waals surface area contributed by atoms with E-state index in [9.17, 15) is 18.0 Å². The third kappa shape index (κ3) is 5.14. The number of rotatable bonds is 6. The lowest BCUT2D eigenvalue weighted by atomic mass is 9.97. The summed E-state index contributed by atoms with van der Waals surface area (Å²) in [5.74, 6) is -0.462. The van der Waals surface area contributed by atoms with E-state index < -0.39 is 27.6 Å². The topological polar surface area (TPSA) is 80.8 Å². The Balaban J connectivity index is 2.11. The lowest BCUT2D eigenvalue weighted by Crippen LogP contribution is -2.58. The first-order valence-corrected chi connectivity index (χ1v) is 10.5. The van der Waals surface area contributed by atoms with Gasteiger partial charge in [0.15, 0.2) is 0 Å². The molecule has 0 radical (unpaired) electrons. The molecule has 1 saturated heterocycles. The van der Waals surface area contributed by atoms with Crippen molar-refractivity contribution in [2.75, 3.05) is 12.8 Å². The van der Waals surface area contributed by atoms with Gasteiger partial charge in [-0.1, -0.05) is 38.1 Å². The zero-order valence-electron chi connectivity index (χ0n) is 16.0. The van der Waals surface area contributed by atoms with Gasteiger partial charge in [-0.2, -0.15) is 4.31 Å². The van der Waals surface area contributed by atoms with Crippen LogP contribution in [0, 0.1) is 0 Å². The summed E-state index contributed by atoms with van der Waals surface area (Å²) < 4.78 is 30.5. The molecule has 0 bridgehead atoms. The van der Waals surface area contributed by atoms with Crippen molar-refractivity contribution >= 4 is 21.8 Å². The highest BCUT2D eigenvalue weighted by Gasteiger charge is 2.45. The van der Waals surface area contributed by atoms with E-state index in [0.29, 0.717) is 5.92 Å². The van der Waals surface area contributed by atoms with Crippen LogP contribution in [0.25, 0.3) is 0 Å². The highest BCUT2D eigenvalue weighted by molar-refractivity contribution is 7.88. The maximum atomic E-state index is 12.4. The number of esters is 1. The first-order valence-electron chi connectivity index (χ1n) is 8.69. The van der Waals surface area contributed by atoms with Gasteiger partial charge in [-0.05, 0) is 30.9 Å². The zero-order valence-corrected chi connectivity index (χ0v) is 16.8. The zero-order chi connectivity index (χ0) is 19.7. The molecular weight excluding hydrogens is 354 g/mol. The van der Waals surface area contributed by atoms with Crippen LogP contribution in [-0.4, -0.2) is 48.9 Å². The average Bonchev–Trinajstić information content (AvgIpc) is 2.48. The van der Waals surface area contributed by atoms with Crippen LogP contribution >= 0.6 is 0 Å². The summed E-state index contributed by atoms with van der Waals surface area (Å²) in [6.45, 7) is 7.53. The fourth-order valence-electron chi connectivity index (χ4n) is 3.05. The van der Waals surface area contributed by atoms with Crippen molar-refractivity contribution in [1.29, 1.82) is 0 Å². The average molecular weight is 381 g/mol. The summed E-state index contributed by atoms with van der Waals surface area (Å²) in [5.41, 5.74) is 1.11. The highest BCUT2D eigenvalue weighted by atomic mass is 32.2. The first kappa shape index (κ1) is 20.6. The molecule has 0 amide bonds. The van der Waals surface area contributed by atoms with Crippen molar-refractivity contribution in [3.63, 3.8) is 0 Å². The van der Waals surface area contributed by atoms with E-state index in [1.807, 2.05) is 24.3 Å². The van der Waals surface area contributed by atoms with Crippen molar-refractivity contribution in [2.45, 2.75) is 58.1 Å². The predicted octanol–water partition coefficient (Wildman–Crippen LogP) is 2.28. The normalized spacial score (nSPS) is 20.8. The van der Waals surface area contributed by atoms with Gasteiger partial charge >= 0.3 is 5.97 Å². The molecule has 1 unspecified atom stereocenters. The molecule has 1 aromatic carbocycles. The first-order chi connectivity index (χ1) is 11.9. The van der Waals surface area contributed by atoms with Gasteiger partial charge in [-0.25, -0.2) is 8.42 Å². The molecule has 0 aromatic heterocycles. The molecule has 6 nitrogen and oxygen atoms in total.